The Morgan fingerprint density at radius 1 is 0.615 bits per heavy atom. The van der Waals surface area contributed by atoms with Crippen molar-refractivity contribution >= 4 is 45.3 Å². The van der Waals surface area contributed by atoms with Gasteiger partial charge in [-0.1, -0.05) is 41.4 Å². The molecule has 0 atom stereocenters. The van der Waals surface area contributed by atoms with E-state index in [2.05, 4.69) is 26.0 Å². The first-order valence-electron chi connectivity index (χ1n) is 8.07. The lowest BCUT2D eigenvalue weighted by atomic mass is 10.1. The van der Waals surface area contributed by atoms with Crippen LogP contribution in [0.1, 0.15) is 0 Å². The van der Waals surface area contributed by atoms with Gasteiger partial charge in [-0.2, -0.15) is 0 Å². The van der Waals surface area contributed by atoms with E-state index in [1.165, 1.54) is 0 Å². The monoisotopic (exact) mass is 378 g/mol. The van der Waals surface area contributed by atoms with Crippen molar-refractivity contribution < 1.29 is 0 Å². The summed E-state index contributed by atoms with van der Waals surface area (Å²) in [6.07, 6.45) is 0. The minimum atomic E-state index is 0.683. The zero-order chi connectivity index (χ0) is 17.7. The van der Waals surface area contributed by atoms with Crippen molar-refractivity contribution in [2.24, 2.45) is 0 Å². The van der Waals surface area contributed by atoms with Gasteiger partial charge < -0.3 is 9.97 Å². The van der Waals surface area contributed by atoms with Crippen LogP contribution in [0, 0.1) is 0 Å². The highest BCUT2D eigenvalue weighted by atomic mass is 35.5. The van der Waals surface area contributed by atoms with Crippen molar-refractivity contribution in [2.45, 2.75) is 0 Å². The van der Waals surface area contributed by atoms with Gasteiger partial charge in [0.1, 0.15) is 11.6 Å². The number of nitrogens with one attached hydrogen (secondary N) is 2. The minimum absolute atomic E-state index is 0.683. The number of aromatic nitrogens is 4. The molecule has 0 aliphatic carbocycles. The molecule has 0 fully saturated rings. The molecule has 0 saturated carbocycles. The minimum Gasteiger partial charge on any atom is -0.338 e. The van der Waals surface area contributed by atoms with Gasteiger partial charge in [-0.15, -0.1) is 0 Å². The van der Waals surface area contributed by atoms with Crippen LogP contribution < -0.4 is 0 Å². The first-order chi connectivity index (χ1) is 12.7. The van der Waals surface area contributed by atoms with Gasteiger partial charge in [0.25, 0.3) is 0 Å². The van der Waals surface area contributed by atoms with Crippen LogP contribution in [0.2, 0.25) is 10.0 Å². The molecular formula is C20H12Cl2N4. The Labute approximate surface area is 158 Å². The number of fused-ring (bicyclic) bond motifs is 2. The van der Waals surface area contributed by atoms with Gasteiger partial charge in [-0.25, -0.2) is 9.97 Å². The standard InChI is InChI=1S/C20H12Cl2N4/c21-13-4-6-15-17(9-13)25-19(23-15)11-2-1-3-12(8-11)20-24-16-7-5-14(22)10-18(16)26-20/h1-10H,(H,23,25)(H,24,26). The van der Waals surface area contributed by atoms with Gasteiger partial charge >= 0.3 is 0 Å². The second-order valence-corrected chi connectivity index (χ2v) is 6.95. The van der Waals surface area contributed by atoms with Crippen molar-refractivity contribution in [1.29, 1.82) is 0 Å². The molecular weight excluding hydrogens is 367 g/mol. The Balaban J connectivity index is 1.60. The Bertz CT molecular complexity index is 1170. The van der Waals surface area contributed by atoms with E-state index >= 15 is 0 Å². The summed E-state index contributed by atoms with van der Waals surface area (Å²) in [5.74, 6) is 1.59. The number of hydrogen-bond donors (Lipinski definition) is 2. The lowest BCUT2D eigenvalue weighted by Crippen LogP contribution is -1.84. The Morgan fingerprint density at radius 2 is 1.12 bits per heavy atom. The second-order valence-electron chi connectivity index (χ2n) is 6.07. The highest BCUT2D eigenvalue weighted by Crippen LogP contribution is 2.28. The summed E-state index contributed by atoms with van der Waals surface area (Å²) >= 11 is 12.1. The Morgan fingerprint density at radius 3 is 1.62 bits per heavy atom. The molecule has 26 heavy (non-hydrogen) atoms. The quantitative estimate of drug-likeness (QED) is 0.391. The third kappa shape index (κ3) is 2.64. The van der Waals surface area contributed by atoms with Crippen LogP contribution in [0.3, 0.4) is 0 Å². The molecule has 2 heterocycles. The van der Waals surface area contributed by atoms with Crippen LogP contribution in [-0.4, -0.2) is 19.9 Å². The molecule has 0 aliphatic rings. The molecule has 0 spiro atoms. The maximum atomic E-state index is 6.06. The first-order valence-corrected chi connectivity index (χ1v) is 8.83. The summed E-state index contributed by atoms with van der Waals surface area (Å²) < 4.78 is 0. The smallest absolute Gasteiger partial charge is 0.138 e. The van der Waals surface area contributed by atoms with Gasteiger partial charge in [0.05, 0.1) is 22.1 Å². The van der Waals surface area contributed by atoms with Crippen LogP contribution in [0.25, 0.3) is 44.8 Å². The van der Waals surface area contributed by atoms with Crippen LogP contribution in [0.5, 0.6) is 0 Å². The highest BCUT2D eigenvalue weighted by Gasteiger charge is 2.10. The van der Waals surface area contributed by atoms with Gasteiger partial charge in [0.15, 0.2) is 0 Å². The molecule has 6 heteroatoms. The molecule has 0 saturated heterocycles. The summed E-state index contributed by atoms with van der Waals surface area (Å²) in [6.45, 7) is 0. The molecule has 0 bridgehead atoms. The van der Waals surface area contributed by atoms with E-state index in [-0.39, 0.29) is 0 Å². The van der Waals surface area contributed by atoms with Crippen LogP contribution in [0.4, 0.5) is 0 Å². The molecule has 0 amide bonds. The number of rotatable bonds is 2. The Hall–Kier alpha value is -2.82. The maximum Gasteiger partial charge on any atom is 0.138 e. The summed E-state index contributed by atoms with van der Waals surface area (Å²) in [4.78, 5) is 15.9. The van der Waals surface area contributed by atoms with Gasteiger partial charge in [-0.3, -0.25) is 0 Å². The average Bonchev–Trinajstić information content (AvgIpc) is 3.25. The molecule has 0 aliphatic heterocycles. The summed E-state index contributed by atoms with van der Waals surface area (Å²) in [5.41, 5.74) is 5.55. The SMILES string of the molecule is Clc1ccc2nc(-c3cccc(-c4nc5ccc(Cl)cc5[nH]4)c3)[nH]c2c1. The molecule has 5 aromatic rings. The van der Waals surface area contributed by atoms with Crippen molar-refractivity contribution in [1.82, 2.24) is 19.9 Å². The Kier molecular flexibility index (Phi) is 3.48. The maximum absolute atomic E-state index is 6.06. The number of nitrogens with zero attached hydrogens (tertiary/aromatic N) is 2. The van der Waals surface area contributed by atoms with E-state index < -0.39 is 0 Å². The molecule has 2 aromatic heterocycles. The van der Waals surface area contributed by atoms with Gasteiger partial charge in [-0.05, 0) is 42.5 Å². The molecule has 126 valence electrons. The fraction of sp³-hybridized carbons (Fsp3) is 0. The van der Waals surface area contributed by atoms with Gasteiger partial charge in [0, 0.05) is 21.2 Å². The van der Waals surface area contributed by atoms with Crippen molar-refractivity contribution in [3.8, 4) is 22.8 Å². The summed E-state index contributed by atoms with van der Waals surface area (Å²) in [5, 5.41) is 1.37. The lowest BCUT2D eigenvalue weighted by Gasteiger charge is -2.00. The molecule has 5 rings (SSSR count). The first kappa shape index (κ1) is 15.4. The largest absolute Gasteiger partial charge is 0.338 e. The molecule has 0 unspecified atom stereocenters. The third-order valence-corrected chi connectivity index (χ3v) is 4.77. The number of aromatic amines is 2. The molecule has 0 radical (unpaired) electrons. The zero-order valence-corrected chi connectivity index (χ0v) is 14.9. The summed E-state index contributed by atoms with van der Waals surface area (Å²) in [6, 6.07) is 19.3. The number of hydrogen-bond acceptors (Lipinski definition) is 2. The van der Waals surface area contributed by atoms with E-state index in [9.17, 15) is 0 Å². The second kappa shape index (κ2) is 5.87. The molecule has 3 aromatic carbocycles. The lowest BCUT2D eigenvalue weighted by molar-refractivity contribution is 1.31. The summed E-state index contributed by atoms with van der Waals surface area (Å²) in [7, 11) is 0. The predicted molar refractivity (Wildman–Crippen MR) is 107 cm³/mol. The van der Waals surface area contributed by atoms with E-state index in [4.69, 9.17) is 23.2 Å². The fourth-order valence-corrected chi connectivity index (χ4v) is 3.40. The number of imidazole rings is 2. The number of halogens is 2. The van der Waals surface area contributed by atoms with Crippen molar-refractivity contribution in [3.63, 3.8) is 0 Å². The van der Waals surface area contributed by atoms with Crippen LogP contribution in [0.15, 0.2) is 60.7 Å². The fourth-order valence-electron chi connectivity index (χ4n) is 3.05. The average molecular weight is 379 g/mol. The van der Waals surface area contributed by atoms with E-state index in [1.807, 2.05) is 54.6 Å². The van der Waals surface area contributed by atoms with Crippen molar-refractivity contribution in [2.75, 3.05) is 0 Å². The zero-order valence-electron chi connectivity index (χ0n) is 13.4. The van der Waals surface area contributed by atoms with Crippen LogP contribution in [-0.2, 0) is 0 Å². The van der Waals surface area contributed by atoms with E-state index in [0.29, 0.717) is 10.0 Å². The molecule has 2 N–H and O–H groups in total. The third-order valence-electron chi connectivity index (χ3n) is 4.30. The van der Waals surface area contributed by atoms with Gasteiger partial charge in [0.2, 0.25) is 0 Å². The topological polar surface area (TPSA) is 57.4 Å². The molecule has 4 nitrogen and oxygen atoms in total. The van der Waals surface area contributed by atoms with Crippen LogP contribution >= 0.6 is 23.2 Å². The predicted octanol–water partition coefficient (Wildman–Crippen LogP) is 6.08. The highest BCUT2D eigenvalue weighted by molar-refractivity contribution is 6.31. The van der Waals surface area contributed by atoms with E-state index in [0.717, 1.165) is 44.8 Å². The normalized spacial score (nSPS) is 11.5. The van der Waals surface area contributed by atoms with Crippen molar-refractivity contribution in [3.05, 3.63) is 70.7 Å². The number of H-pyrrole nitrogens is 2. The number of benzene rings is 3. The van der Waals surface area contributed by atoms with E-state index in [1.54, 1.807) is 0 Å².